The monoisotopic (exact) mass is 560 g/mol. The van der Waals surface area contributed by atoms with Gasteiger partial charge in [-0.3, -0.25) is 29.6 Å². The predicted molar refractivity (Wildman–Crippen MR) is 163 cm³/mol. The van der Waals surface area contributed by atoms with Crippen molar-refractivity contribution in [1.82, 2.24) is 39.2 Å². The molecule has 0 N–H and O–H groups in total. The number of carbonyl (C=O) groups excluding carboxylic acids is 2. The molecule has 0 aromatic carbocycles. The highest BCUT2D eigenvalue weighted by molar-refractivity contribution is 6.27. The molecule has 224 valence electrons. The van der Waals surface area contributed by atoms with E-state index in [4.69, 9.17) is 0 Å². The van der Waals surface area contributed by atoms with E-state index in [1.54, 1.807) is 95.6 Å². The Labute approximate surface area is 239 Å². The van der Waals surface area contributed by atoms with E-state index < -0.39 is 0 Å². The minimum atomic E-state index is -0.386. The first-order valence-electron chi connectivity index (χ1n) is 12.6. The molecular formula is C26H48N12O2. The van der Waals surface area contributed by atoms with Gasteiger partial charge in [0.15, 0.2) is 23.8 Å². The molecule has 0 spiro atoms. The van der Waals surface area contributed by atoms with Crippen LogP contribution < -0.4 is 0 Å². The van der Waals surface area contributed by atoms with Crippen LogP contribution in [0.5, 0.6) is 0 Å². The van der Waals surface area contributed by atoms with Crippen molar-refractivity contribution in [2.45, 2.75) is 0 Å². The van der Waals surface area contributed by atoms with Crippen LogP contribution in [0.2, 0.25) is 0 Å². The van der Waals surface area contributed by atoms with Gasteiger partial charge in [0.2, 0.25) is 11.6 Å². The van der Waals surface area contributed by atoms with Crippen LogP contribution in [-0.2, 0) is 9.59 Å². The molecule has 0 unspecified atom stereocenters. The van der Waals surface area contributed by atoms with E-state index >= 15 is 0 Å². The van der Waals surface area contributed by atoms with Crippen LogP contribution in [0, 0.1) is 0 Å². The Morgan fingerprint density at radius 1 is 0.375 bits per heavy atom. The Morgan fingerprint density at radius 2 is 0.525 bits per heavy atom. The largest absolute Gasteiger partial charge is 0.349 e. The Hall–Kier alpha value is -4.10. The minimum absolute atomic E-state index is 0.151. The van der Waals surface area contributed by atoms with Gasteiger partial charge >= 0.3 is 0 Å². The van der Waals surface area contributed by atoms with Gasteiger partial charge in [-0.25, -0.2) is 0 Å². The van der Waals surface area contributed by atoms with E-state index in [2.05, 4.69) is 20.0 Å². The molecule has 14 heteroatoms. The molecule has 0 atom stereocenters. The van der Waals surface area contributed by atoms with Gasteiger partial charge in [0, 0.05) is 113 Å². The summed E-state index contributed by atoms with van der Waals surface area (Å²) in [6.45, 7) is 0. The fraction of sp³-hybridized carbons (Fsp3) is 0.615. The third-order valence-corrected chi connectivity index (χ3v) is 6.25. The van der Waals surface area contributed by atoms with Crippen LogP contribution in [-0.4, -0.2) is 187 Å². The molecule has 0 aromatic rings. The van der Waals surface area contributed by atoms with Crippen LogP contribution >= 0.6 is 0 Å². The van der Waals surface area contributed by atoms with Crippen molar-refractivity contribution in [2.75, 3.05) is 113 Å². The lowest BCUT2D eigenvalue weighted by Crippen LogP contribution is -2.53. The first-order chi connectivity index (χ1) is 18.5. The number of Topliss-reactive ketones (excluding diaryl/α,β-unsaturated/α-hetero) is 2. The van der Waals surface area contributed by atoms with Gasteiger partial charge in [-0.1, -0.05) is 0 Å². The Bertz CT molecular complexity index is 984. The van der Waals surface area contributed by atoms with Crippen LogP contribution in [0.4, 0.5) is 0 Å². The lowest BCUT2D eigenvalue weighted by molar-refractivity contribution is -0.119. The third kappa shape index (κ3) is 6.37. The summed E-state index contributed by atoms with van der Waals surface area (Å²) in [6.07, 6.45) is 0. The number of aliphatic imine (C=N–C) groups is 4. The van der Waals surface area contributed by atoms with Gasteiger partial charge in [-0.05, 0) is 0 Å². The highest BCUT2D eigenvalue weighted by Crippen LogP contribution is 2.32. The second-order valence-corrected chi connectivity index (χ2v) is 9.96. The van der Waals surface area contributed by atoms with E-state index in [1.807, 2.05) is 56.4 Å². The average molecular weight is 561 g/mol. The van der Waals surface area contributed by atoms with Crippen LogP contribution in [0.3, 0.4) is 0 Å². The number of carbonyl (C=O) groups is 2. The van der Waals surface area contributed by atoms with Crippen molar-refractivity contribution in [3.8, 4) is 0 Å². The predicted octanol–water partition coefficient (Wildman–Crippen LogP) is -0.522. The molecule has 0 saturated heterocycles. The maximum absolute atomic E-state index is 14.8. The molecule has 40 heavy (non-hydrogen) atoms. The molecular weight excluding hydrogens is 512 g/mol. The SMILES string of the molecule is CN=C(N(C)C)N(C)C1=C(N(C)C(=NC)N(C)C)C(=O)C(N(C)C(=NC)N(C)C)=C(N(C)C(=NC)N(C)C)C1=O. The lowest BCUT2D eigenvalue weighted by Gasteiger charge is -2.40. The van der Waals surface area contributed by atoms with E-state index in [9.17, 15) is 9.59 Å². The highest BCUT2D eigenvalue weighted by atomic mass is 16.1. The third-order valence-electron chi connectivity index (χ3n) is 6.25. The van der Waals surface area contributed by atoms with Crippen molar-refractivity contribution < 1.29 is 9.59 Å². The molecule has 0 radical (unpaired) electrons. The number of rotatable bonds is 4. The van der Waals surface area contributed by atoms with E-state index in [1.165, 1.54) is 0 Å². The molecule has 0 aliphatic heterocycles. The van der Waals surface area contributed by atoms with Crippen molar-refractivity contribution in [1.29, 1.82) is 0 Å². The first-order valence-corrected chi connectivity index (χ1v) is 12.6. The normalized spacial score (nSPS) is 15.5. The Morgan fingerprint density at radius 3 is 0.625 bits per heavy atom. The quantitative estimate of drug-likeness (QED) is 0.253. The average Bonchev–Trinajstić information content (AvgIpc) is 2.84. The summed E-state index contributed by atoms with van der Waals surface area (Å²) >= 11 is 0. The smallest absolute Gasteiger partial charge is 0.230 e. The zero-order valence-electron chi connectivity index (χ0n) is 27.2. The van der Waals surface area contributed by atoms with Gasteiger partial charge < -0.3 is 39.2 Å². The van der Waals surface area contributed by atoms with Crippen molar-refractivity contribution in [3.05, 3.63) is 22.8 Å². The molecule has 0 heterocycles. The maximum atomic E-state index is 14.8. The zero-order chi connectivity index (χ0) is 31.2. The van der Waals surface area contributed by atoms with Crippen molar-refractivity contribution in [3.63, 3.8) is 0 Å². The van der Waals surface area contributed by atoms with Gasteiger partial charge in [0.05, 0.1) is 0 Å². The van der Waals surface area contributed by atoms with Crippen LogP contribution in [0.1, 0.15) is 0 Å². The number of likely N-dealkylation sites (N-methyl/N-ethyl adjacent to an activating group) is 4. The second-order valence-electron chi connectivity index (χ2n) is 9.96. The van der Waals surface area contributed by atoms with E-state index in [-0.39, 0.29) is 34.4 Å². The first kappa shape index (κ1) is 33.9. The van der Waals surface area contributed by atoms with Gasteiger partial charge in [-0.2, -0.15) is 0 Å². The molecule has 1 aliphatic carbocycles. The molecule has 1 aliphatic rings. The van der Waals surface area contributed by atoms with Crippen LogP contribution in [0.25, 0.3) is 0 Å². The van der Waals surface area contributed by atoms with E-state index in [0.29, 0.717) is 23.8 Å². The number of hydrogen-bond donors (Lipinski definition) is 0. The summed E-state index contributed by atoms with van der Waals surface area (Å²) in [5.41, 5.74) is 0.603. The second kappa shape index (κ2) is 13.8. The summed E-state index contributed by atoms with van der Waals surface area (Å²) in [5.74, 6) is 1.18. The summed E-state index contributed by atoms with van der Waals surface area (Å²) in [4.78, 5) is 60.8. The number of hydrogen-bond acceptors (Lipinski definition) is 6. The molecule has 0 amide bonds. The van der Waals surface area contributed by atoms with Crippen molar-refractivity contribution >= 4 is 35.4 Å². The fourth-order valence-corrected chi connectivity index (χ4v) is 4.90. The summed E-state index contributed by atoms with van der Waals surface area (Å²) in [6, 6.07) is 0. The molecule has 0 aromatic heterocycles. The maximum Gasteiger partial charge on any atom is 0.230 e. The summed E-state index contributed by atoms with van der Waals surface area (Å²) in [5, 5.41) is 0. The minimum Gasteiger partial charge on any atom is -0.349 e. The Balaban J connectivity index is 4.36. The summed E-state index contributed by atoms with van der Waals surface area (Å²) < 4.78 is 0. The van der Waals surface area contributed by atoms with Crippen molar-refractivity contribution in [2.24, 2.45) is 20.0 Å². The fourth-order valence-electron chi connectivity index (χ4n) is 4.90. The topological polar surface area (TPSA) is 109 Å². The number of ketones is 2. The van der Waals surface area contributed by atoms with E-state index in [0.717, 1.165) is 0 Å². The number of nitrogens with zero attached hydrogens (tertiary/aromatic N) is 12. The standard InChI is InChI=1S/C26H48N12O2/c1-27-23(31(5)6)35(13)17-18(36(14)24(28-2)32(7)8)22(40)20(38(16)26(30-4)34(11)12)19(21(17)39)37(15)25(29-3)33(9)10/h1-16H3. The number of guanidine groups is 4. The molecule has 1 rings (SSSR count). The van der Waals surface area contributed by atoms with Gasteiger partial charge in [0.25, 0.3) is 0 Å². The highest BCUT2D eigenvalue weighted by Gasteiger charge is 2.45. The zero-order valence-corrected chi connectivity index (χ0v) is 27.2. The molecule has 14 nitrogen and oxygen atoms in total. The molecule has 0 fully saturated rings. The van der Waals surface area contributed by atoms with Gasteiger partial charge in [0.1, 0.15) is 22.8 Å². The molecule has 0 bridgehead atoms. The van der Waals surface area contributed by atoms with Gasteiger partial charge in [-0.15, -0.1) is 0 Å². The molecule has 0 saturated carbocycles. The summed E-state index contributed by atoms with van der Waals surface area (Å²) in [7, 11) is 28.1. The Kier molecular flexibility index (Phi) is 11.7. The lowest BCUT2D eigenvalue weighted by atomic mass is 9.95. The van der Waals surface area contributed by atoms with Crippen LogP contribution in [0.15, 0.2) is 42.8 Å².